The highest BCUT2D eigenvalue weighted by Crippen LogP contribution is 2.16. The Labute approximate surface area is 115 Å². The van der Waals surface area contributed by atoms with E-state index < -0.39 is 17.9 Å². The molecular weight excluding hydrogens is 266 g/mol. The van der Waals surface area contributed by atoms with Crippen LogP contribution in [-0.4, -0.2) is 31.0 Å². The van der Waals surface area contributed by atoms with E-state index >= 15 is 0 Å². The average Bonchev–Trinajstić information content (AvgIpc) is 2.38. The monoisotopic (exact) mass is 278 g/mol. The molecule has 0 heterocycles. The van der Waals surface area contributed by atoms with Crippen molar-refractivity contribution in [3.05, 3.63) is 29.8 Å². The molecule has 0 radical (unpaired) electrons. The van der Waals surface area contributed by atoms with Gasteiger partial charge in [0, 0.05) is 43.6 Å². The first-order valence-electron chi connectivity index (χ1n) is 5.86. The molecule has 7 nitrogen and oxygen atoms in total. The highest BCUT2D eigenvalue weighted by atomic mass is 16.4. The zero-order valence-electron chi connectivity index (χ0n) is 10.5. The second-order valence-corrected chi connectivity index (χ2v) is 4.07. The maximum absolute atomic E-state index is 10.8. The van der Waals surface area contributed by atoms with Crippen molar-refractivity contribution in [1.82, 2.24) is 0 Å². The smallest absolute Gasteiger partial charge is 0.0716 e. The van der Waals surface area contributed by atoms with Crippen molar-refractivity contribution in [2.75, 3.05) is 18.0 Å². The molecule has 0 aromatic heterocycles. The van der Waals surface area contributed by atoms with E-state index in [1.54, 1.807) is 6.07 Å². The van der Waals surface area contributed by atoms with Gasteiger partial charge < -0.3 is 34.6 Å². The van der Waals surface area contributed by atoms with E-state index in [1.165, 1.54) is 23.1 Å². The molecule has 0 aliphatic rings. The molecule has 0 spiro atoms. The summed E-state index contributed by atoms with van der Waals surface area (Å²) in [6, 6.07) is 5.64. The van der Waals surface area contributed by atoms with Gasteiger partial charge >= 0.3 is 0 Å². The summed E-state index contributed by atoms with van der Waals surface area (Å²) in [4.78, 5) is 33.2. The summed E-state index contributed by atoms with van der Waals surface area (Å²) in [5.74, 6) is -3.93. The predicted molar refractivity (Wildman–Crippen MR) is 62.2 cm³/mol. The van der Waals surface area contributed by atoms with Crippen LogP contribution in [-0.2, 0) is 9.59 Å². The number of hydrogen-bond acceptors (Lipinski definition) is 7. The van der Waals surface area contributed by atoms with E-state index in [0.29, 0.717) is 5.69 Å². The molecule has 0 aliphatic carbocycles. The van der Waals surface area contributed by atoms with Crippen LogP contribution in [0.5, 0.6) is 0 Å². The summed E-state index contributed by atoms with van der Waals surface area (Å²) >= 11 is 0. The standard InChI is InChI=1S/C13H15NO6/c15-11(16)4-6-14(7-5-12(17)18)10-3-1-2-9(8-10)13(19)20/h1-3,8H,4-7H2,(H,15,16)(H,17,18)(H,19,20)/p-3. The van der Waals surface area contributed by atoms with E-state index in [0.717, 1.165) is 0 Å². The van der Waals surface area contributed by atoms with E-state index in [4.69, 9.17) is 0 Å². The number of aromatic carboxylic acids is 1. The molecule has 0 bridgehead atoms. The minimum Gasteiger partial charge on any atom is -0.550 e. The molecule has 0 saturated carbocycles. The Morgan fingerprint density at radius 1 is 0.950 bits per heavy atom. The van der Waals surface area contributed by atoms with Crippen molar-refractivity contribution < 1.29 is 29.7 Å². The lowest BCUT2D eigenvalue weighted by atomic mass is 10.1. The molecule has 0 fully saturated rings. The van der Waals surface area contributed by atoms with Crippen LogP contribution in [0.3, 0.4) is 0 Å². The number of benzene rings is 1. The fraction of sp³-hybridized carbons (Fsp3) is 0.308. The topological polar surface area (TPSA) is 124 Å². The Hall–Kier alpha value is -2.57. The number of anilines is 1. The third kappa shape index (κ3) is 4.97. The van der Waals surface area contributed by atoms with Crippen LogP contribution in [0.15, 0.2) is 24.3 Å². The highest BCUT2D eigenvalue weighted by molar-refractivity contribution is 5.87. The maximum Gasteiger partial charge on any atom is 0.0716 e. The summed E-state index contributed by atoms with van der Waals surface area (Å²) in [7, 11) is 0. The van der Waals surface area contributed by atoms with E-state index in [9.17, 15) is 29.7 Å². The molecule has 0 N–H and O–H groups in total. The zero-order valence-corrected chi connectivity index (χ0v) is 10.5. The number of hydrogen-bond donors (Lipinski definition) is 0. The van der Waals surface area contributed by atoms with Crippen molar-refractivity contribution in [3.8, 4) is 0 Å². The molecule has 1 rings (SSSR count). The first kappa shape index (κ1) is 15.5. The lowest BCUT2D eigenvalue weighted by Crippen LogP contribution is -2.35. The van der Waals surface area contributed by atoms with Gasteiger partial charge in [-0.1, -0.05) is 12.1 Å². The Morgan fingerprint density at radius 2 is 1.50 bits per heavy atom. The van der Waals surface area contributed by atoms with Gasteiger partial charge in [-0.25, -0.2) is 0 Å². The van der Waals surface area contributed by atoms with Gasteiger partial charge in [-0.2, -0.15) is 0 Å². The number of aliphatic carboxylic acids is 2. The average molecular weight is 278 g/mol. The third-order valence-electron chi connectivity index (χ3n) is 2.62. The van der Waals surface area contributed by atoms with Crippen molar-refractivity contribution >= 4 is 23.6 Å². The molecule has 0 amide bonds. The number of carboxylic acid groups (broad SMARTS) is 3. The second kappa shape index (κ2) is 7.13. The largest absolute Gasteiger partial charge is 0.550 e. The summed E-state index contributed by atoms with van der Waals surface area (Å²) in [5, 5.41) is 31.7. The molecule has 0 aliphatic heterocycles. The summed E-state index contributed by atoms with van der Waals surface area (Å²) in [6.45, 7) is 0.0121. The van der Waals surface area contributed by atoms with Crippen molar-refractivity contribution in [2.24, 2.45) is 0 Å². The van der Waals surface area contributed by atoms with Crippen LogP contribution in [0, 0.1) is 0 Å². The van der Waals surface area contributed by atoms with E-state index in [1.807, 2.05) is 0 Å². The molecular formula is C13H12NO6-3. The third-order valence-corrected chi connectivity index (χ3v) is 2.62. The van der Waals surface area contributed by atoms with Gasteiger partial charge in [0.2, 0.25) is 0 Å². The lowest BCUT2D eigenvalue weighted by molar-refractivity contribution is -0.306. The normalized spacial score (nSPS) is 10.0. The summed E-state index contributed by atoms with van der Waals surface area (Å²) in [5.41, 5.74) is 0.323. The molecule has 0 saturated heterocycles. The van der Waals surface area contributed by atoms with Crippen LogP contribution in [0.1, 0.15) is 23.2 Å². The Kier molecular flexibility index (Phi) is 5.52. The zero-order chi connectivity index (χ0) is 15.1. The van der Waals surface area contributed by atoms with Gasteiger partial charge in [0.05, 0.1) is 5.97 Å². The molecule has 7 heteroatoms. The highest BCUT2D eigenvalue weighted by Gasteiger charge is 2.08. The molecule has 108 valence electrons. The second-order valence-electron chi connectivity index (χ2n) is 4.07. The van der Waals surface area contributed by atoms with Gasteiger partial charge in [-0.15, -0.1) is 0 Å². The number of carbonyl (C=O) groups is 3. The van der Waals surface area contributed by atoms with Gasteiger partial charge in [-0.3, -0.25) is 0 Å². The van der Waals surface area contributed by atoms with E-state index in [2.05, 4.69) is 0 Å². The predicted octanol–water partition coefficient (Wildman–Crippen LogP) is -2.86. The quantitative estimate of drug-likeness (QED) is 0.500. The maximum atomic E-state index is 10.8. The van der Waals surface area contributed by atoms with Crippen LogP contribution < -0.4 is 20.2 Å². The number of rotatable bonds is 8. The van der Waals surface area contributed by atoms with Gasteiger partial charge in [0.15, 0.2) is 0 Å². The van der Waals surface area contributed by atoms with Crippen LogP contribution in [0.4, 0.5) is 5.69 Å². The molecule has 1 aromatic carbocycles. The van der Waals surface area contributed by atoms with E-state index in [-0.39, 0.29) is 31.5 Å². The number of carbonyl (C=O) groups excluding carboxylic acids is 3. The van der Waals surface area contributed by atoms with Crippen LogP contribution in [0.25, 0.3) is 0 Å². The summed E-state index contributed by atoms with van der Waals surface area (Å²) < 4.78 is 0. The minimum absolute atomic E-state index is 0.00607. The number of carboxylic acids is 3. The first-order valence-corrected chi connectivity index (χ1v) is 5.86. The molecule has 0 atom stereocenters. The van der Waals surface area contributed by atoms with Gasteiger partial charge in [-0.05, 0) is 17.7 Å². The molecule has 1 aromatic rings. The Balaban J connectivity index is 2.89. The minimum atomic E-state index is -1.37. The van der Waals surface area contributed by atoms with Crippen molar-refractivity contribution in [1.29, 1.82) is 0 Å². The first-order chi connectivity index (χ1) is 9.40. The van der Waals surface area contributed by atoms with Crippen LogP contribution in [0.2, 0.25) is 0 Å². The molecule has 20 heavy (non-hydrogen) atoms. The molecule has 0 unspecified atom stereocenters. The van der Waals surface area contributed by atoms with Gasteiger partial charge in [0.1, 0.15) is 0 Å². The van der Waals surface area contributed by atoms with Crippen molar-refractivity contribution in [3.63, 3.8) is 0 Å². The van der Waals surface area contributed by atoms with Crippen LogP contribution >= 0.6 is 0 Å². The SMILES string of the molecule is O=C([O-])CCN(CCC(=O)[O-])c1cccc(C(=O)[O-])c1. The summed E-state index contributed by atoms with van der Waals surface area (Å²) in [6.07, 6.45) is -0.606. The Bertz CT molecular complexity index is 495. The number of nitrogens with zero attached hydrogens (tertiary/aromatic N) is 1. The fourth-order valence-corrected chi connectivity index (χ4v) is 1.65. The van der Waals surface area contributed by atoms with Gasteiger partial charge in [0.25, 0.3) is 0 Å². The fourth-order valence-electron chi connectivity index (χ4n) is 1.65. The lowest BCUT2D eigenvalue weighted by Gasteiger charge is -2.26. The van der Waals surface area contributed by atoms with Crippen molar-refractivity contribution in [2.45, 2.75) is 12.8 Å². The Morgan fingerprint density at radius 3 is 1.95 bits per heavy atom.